The number of carbonyl (C=O) groups is 1. The molecule has 0 spiro atoms. The predicted molar refractivity (Wildman–Crippen MR) is 89.4 cm³/mol. The van der Waals surface area contributed by atoms with Gasteiger partial charge in [-0.15, -0.1) is 10.2 Å². The van der Waals surface area contributed by atoms with Crippen molar-refractivity contribution < 1.29 is 14.3 Å². The van der Waals surface area contributed by atoms with Crippen LogP contribution < -0.4 is 21.1 Å². The summed E-state index contributed by atoms with van der Waals surface area (Å²) in [5, 5.41) is 7.38. The number of hydrogen-bond donors (Lipinski definition) is 3. The molecule has 9 nitrogen and oxygen atoms in total. The molecule has 3 rings (SSSR count). The molecule has 1 aliphatic rings. The van der Waals surface area contributed by atoms with Crippen molar-refractivity contribution in [1.29, 1.82) is 0 Å². The van der Waals surface area contributed by atoms with Crippen LogP contribution in [0.25, 0.3) is 0 Å². The number of aromatic amines is 1. The Balaban J connectivity index is 1.51. The number of ether oxygens (including phenoxy) is 2. The highest BCUT2D eigenvalue weighted by molar-refractivity contribution is 5.94. The topological polar surface area (TPSA) is 118 Å². The van der Waals surface area contributed by atoms with Crippen molar-refractivity contribution in [3.63, 3.8) is 0 Å². The standard InChI is InChI=1S/C16H19N5O4/c1-10-14(22)17-16(20-18-10)21-19-15(23)11-4-6-12(7-5-11)25-9-13-3-2-8-24-13/h4-7,13H,2-3,8-9H2,1H3,(H,19,23)(H2,17,20,21,22). The van der Waals surface area contributed by atoms with E-state index in [1.165, 1.54) is 6.92 Å². The minimum Gasteiger partial charge on any atom is -0.491 e. The highest BCUT2D eigenvalue weighted by Gasteiger charge is 2.16. The lowest BCUT2D eigenvalue weighted by Gasteiger charge is -2.12. The molecule has 1 aromatic heterocycles. The average molecular weight is 345 g/mol. The van der Waals surface area contributed by atoms with Gasteiger partial charge in [0.1, 0.15) is 18.1 Å². The first-order valence-corrected chi connectivity index (χ1v) is 7.96. The monoisotopic (exact) mass is 345 g/mol. The summed E-state index contributed by atoms with van der Waals surface area (Å²) in [5.74, 6) is 0.350. The summed E-state index contributed by atoms with van der Waals surface area (Å²) in [6.07, 6.45) is 2.22. The molecule has 1 aliphatic heterocycles. The van der Waals surface area contributed by atoms with Gasteiger partial charge in [-0.2, -0.15) is 0 Å². The molecule has 0 saturated carbocycles. The minimum absolute atomic E-state index is 0.0560. The molecule has 2 heterocycles. The smallest absolute Gasteiger partial charge is 0.274 e. The number of rotatable bonds is 6. The zero-order chi connectivity index (χ0) is 17.6. The number of nitrogens with one attached hydrogen (secondary N) is 3. The van der Waals surface area contributed by atoms with Gasteiger partial charge in [-0.1, -0.05) is 0 Å². The Kier molecular flexibility index (Phi) is 5.24. The van der Waals surface area contributed by atoms with E-state index < -0.39 is 0 Å². The molecule has 9 heteroatoms. The van der Waals surface area contributed by atoms with Crippen molar-refractivity contribution in [2.75, 3.05) is 18.6 Å². The average Bonchev–Trinajstić information content (AvgIpc) is 3.15. The third kappa shape index (κ3) is 4.54. The maximum atomic E-state index is 12.1. The van der Waals surface area contributed by atoms with Gasteiger partial charge in [0.15, 0.2) is 0 Å². The lowest BCUT2D eigenvalue weighted by atomic mass is 10.2. The molecule has 0 bridgehead atoms. The van der Waals surface area contributed by atoms with Gasteiger partial charge in [-0.25, -0.2) is 0 Å². The molecule has 3 N–H and O–H groups in total. The van der Waals surface area contributed by atoms with E-state index in [4.69, 9.17) is 9.47 Å². The molecule has 1 fully saturated rings. The Hall–Kier alpha value is -2.94. The molecule has 1 saturated heterocycles. The summed E-state index contributed by atoms with van der Waals surface area (Å²) >= 11 is 0. The second-order valence-corrected chi connectivity index (χ2v) is 5.64. The quantitative estimate of drug-likeness (QED) is 0.662. The summed E-state index contributed by atoms with van der Waals surface area (Å²) in [6, 6.07) is 6.73. The van der Waals surface area contributed by atoms with Crippen molar-refractivity contribution in [3.8, 4) is 5.75 Å². The fourth-order valence-electron chi connectivity index (χ4n) is 2.31. The highest BCUT2D eigenvalue weighted by atomic mass is 16.5. The van der Waals surface area contributed by atoms with E-state index in [-0.39, 0.29) is 29.2 Å². The number of aromatic nitrogens is 3. The van der Waals surface area contributed by atoms with Crippen LogP contribution >= 0.6 is 0 Å². The van der Waals surface area contributed by atoms with Crippen molar-refractivity contribution in [2.45, 2.75) is 25.9 Å². The number of anilines is 1. The maximum absolute atomic E-state index is 12.1. The number of benzene rings is 1. The molecular weight excluding hydrogens is 326 g/mol. The lowest BCUT2D eigenvalue weighted by molar-refractivity contribution is 0.0679. The van der Waals surface area contributed by atoms with Crippen molar-refractivity contribution >= 4 is 11.9 Å². The van der Waals surface area contributed by atoms with Gasteiger partial charge < -0.3 is 9.47 Å². The predicted octanol–water partition coefficient (Wildman–Crippen LogP) is 0.788. The van der Waals surface area contributed by atoms with Gasteiger partial charge in [0.05, 0.1) is 6.10 Å². The van der Waals surface area contributed by atoms with Gasteiger partial charge >= 0.3 is 0 Å². The van der Waals surface area contributed by atoms with Crippen molar-refractivity contribution in [2.24, 2.45) is 0 Å². The van der Waals surface area contributed by atoms with E-state index in [9.17, 15) is 9.59 Å². The van der Waals surface area contributed by atoms with Gasteiger partial charge in [0.25, 0.3) is 11.5 Å². The fourth-order valence-corrected chi connectivity index (χ4v) is 2.31. The number of hydrazine groups is 1. The third-order valence-electron chi connectivity index (χ3n) is 3.73. The lowest BCUT2D eigenvalue weighted by Crippen LogP contribution is -2.31. The molecule has 1 atom stereocenters. The molecule has 25 heavy (non-hydrogen) atoms. The molecule has 0 aliphatic carbocycles. The Morgan fingerprint density at radius 3 is 2.84 bits per heavy atom. The van der Waals surface area contributed by atoms with Crippen LogP contribution in [0.2, 0.25) is 0 Å². The first kappa shape index (κ1) is 16.9. The Labute approximate surface area is 143 Å². The van der Waals surface area contributed by atoms with Crippen LogP contribution in [-0.4, -0.2) is 40.4 Å². The minimum atomic E-state index is -0.381. The van der Waals surface area contributed by atoms with Crippen LogP contribution in [0.5, 0.6) is 5.75 Å². The molecule has 132 valence electrons. The van der Waals surface area contributed by atoms with E-state index in [0.29, 0.717) is 17.9 Å². The number of amides is 1. The molecule has 1 amide bonds. The van der Waals surface area contributed by atoms with Gasteiger partial charge in [0.2, 0.25) is 5.95 Å². The largest absolute Gasteiger partial charge is 0.491 e. The first-order valence-electron chi connectivity index (χ1n) is 7.96. The van der Waals surface area contributed by atoms with E-state index in [0.717, 1.165) is 19.4 Å². The fraction of sp³-hybridized carbons (Fsp3) is 0.375. The van der Waals surface area contributed by atoms with Crippen LogP contribution in [0.3, 0.4) is 0 Å². The maximum Gasteiger partial charge on any atom is 0.274 e. The second kappa shape index (κ2) is 7.75. The number of hydrogen-bond acceptors (Lipinski definition) is 7. The number of H-pyrrole nitrogens is 1. The van der Waals surface area contributed by atoms with Gasteiger partial charge in [-0.05, 0) is 44.0 Å². The van der Waals surface area contributed by atoms with E-state index >= 15 is 0 Å². The molecule has 1 aromatic carbocycles. The summed E-state index contributed by atoms with van der Waals surface area (Å²) < 4.78 is 11.1. The zero-order valence-corrected chi connectivity index (χ0v) is 13.7. The Morgan fingerprint density at radius 2 is 2.16 bits per heavy atom. The zero-order valence-electron chi connectivity index (χ0n) is 13.7. The molecule has 1 unspecified atom stereocenters. The highest BCUT2D eigenvalue weighted by Crippen LogP contribution is 2.16. The van der Waals surface area contributed by atoms with Crippen LogP contribution in [0.4, 0.5) is 5.95 Å². The third-order valence-corrected chi connectivity index (χ3v) is 3.73. The van der Waals surface area contributed by atoms with E-state index in [1.54, 1.807) is 24.3 Å². The van der Waals surface area contributed by atoms with Crippen LogP contribution in [0, 0.1) is 6.92 Å². The summed E-state index contributed by atoms with van der Waals surface area (Å²) in [5.41, 5.74) is 5.25. The first-order chi connectivity index (χ1) is 12.1. The summed E-state index contributed by atoms with van der Waals surface area (Å²) in [7, 11) is 0. The number of nitrogens with zero attached hydrogens (tertiary/aromatic N) is 2. The molecule has 0 radical (unpaired) electrons. The van der Waals surface area contributed by atoms with Crippen molar-refractivity contribution in [1.82, 2.24) is 20.6 Å². The van der Waals surface area contributed by atoms with Crippen molar-refractivity contribution in [3.05, 3.63) is 45.9 Å². The van der Waals surface area contributed by atoms with Crippen LogP contribution in [0.1, 0.15) is 28.9 Å². The summed E-state index contributed by atoms with van der Waals surface area (Å²) in [6.45, 7) is 2.83. The Morgan fingerprint density at radius 1 is 1.36 bits per heavy atom. The SMILES string of the molecule is Cc1nnc(NNC(=O)c2ccc(OCC3CCCO3)cc2)[nH]c1=O. The normalized spacial score (nSPS) is 16.4. The van der Waals surface area contributed by atoms with Gasteiger partial charge in [0, 0.05) is 12.2 Å². The van der Waals surface area contributed by atoms with E-state index in [2.05, 4.69) is 26.0 Å². The Bertz CT molecular complexity index is 784. The van der Waals surface area contributed by atoms with E-state index in [1.807, 2.05) is 0 Å². The number of aryl methyl sites for hydroxylation is 1. The van der Waals surface area contributed by atoms with Gasteiger partial charge in [-0.3, -0.25) is 25.4 Å². The van der Waals surface area contributed by atoms with Crippen LogP contribution in [0.15, 0.2) is 29.1 Å². The molecular formula is C16H19N5O4. The van der Waals surface area contributed by atoms with Crippen LogP contribution in [-0.2, 0) is 4.74 Å². The molecule has 2 aromatic rings. The second-order valence-electron chi connectivity index (χ2n) is 5.64. The summed E-state index contributed by atoms with van der Waals surface area (Å²) in [4.78, 5) is 25.9. The number of carbonyl (C=O) groups excluding carboxylic acids is 1.